The molecule has 0 N–H and O–H groups in total. The van der Waals surface area contributed by atoms with Crippen LogP contribution in [0.3, 0.4) is 0 Å². The zero-order valence-electron chi connectivity index (χ0n) is 7.44. The Morgan fingerprint density at radius 3 is 2.69 bits per heavy atom. The number of allylic oxidation sites excluding steroid dienone is 1. The van der Waals surface area contributed by atoms with Crippen molar-refractivity contribution in [3.63, 3.8) is 0 Å². The van der Waals surface area contributed by atoms with E-state index in [1.807, 2.05) is 43.3 Å². The molecule has 0 saturated heterocycles. The van der Waals surface area contributed by atoms with Gasteiger partial charge in [-0.1, -0.05) is 18.2 Å². The molecule has 2 nitrogen and oxygen atoms in total. The molecule has 0 spiro atoms. The maximum Gasteiger partial charge on any atom is 0.0894 e. The zero-order chi connectivity index (χ0) is 9.10. The molecule has 0 atom stereocenters. The zero-order valence-corrected chi connectivity index (χ0v) is 7.44. The molecule has 0 aliphatic rings. The van der Waals surface area contributed by atoms with Crippen LogP contribution >= 0.6 is 0 Å². The van der Waals surface area contributed by atoms with Crippen LogP contribution in [0.5, 0.6) is 0 Å². The van der Waals surface area contributed by atoms with Crippen molar-refractivity contribution < 1.29 is 0 Å². The summed E-state index contributed by atoms with van der Waals surface area (Å²) in [4.78, 5) is 8.70. The van der Waals surface area contributed by atoms with Crippen LogP contribution in [0.1, 0.15) is 12.6 Å². The van der Waals surface area contributed by atoms with Gasteiger partial charge in [0.25, 0.3) is 0 Å². The second-order valence-electron chi connectivity index (χ2n) is 2.78. The van der Waals surface area contributed by atoms with Crippen molar-refractivity contribution in [2.24, 2.45) is 0 Å². The number of hydrogen-bond acceptors (Lipinski definition) is 2. The normalized spacial score (nSPS) is 11.2. The molecule has 1 heterocycles. The first-order valence-electron chi connectivity index (χ1n) is 4.24. The standard InChI is InChI=1S/C11H10N2/c1-2-5-9-8-12-10-6-3-4-7-11(10)13-9/h2-8H,1H3. The fourth-order valence-corrected chi connectivity index (χ4v) is 1.22. The summed E-state index contributed by atoms with van der Waals surface area (Å²) < 4.78 is 0. The number of nitrogens with zero attached hydrogens (tertiary/aromatic N) is 2. The van der Waals surface area contributed by atoms with Gasteiger partial charge in [-0.25, -0.2) is 4.98 Å². The van der Waals surface area contributed by atoms with E-state index in [1.165, 1.54) is 0 Å². The van der Waals surface area contributed by atoms with E-state index in [9.17, 15) is 0 Å². The lowest BCUT2D eigenvalue weighted by atomic mass is 10.3. The average molecular weight is 170 g/mol. The molecule has 0 amide bonds. The summed E-state index contributed by atoms with van der Waals surface area (Å²) in [7, 11) is 0. The van der Waals surface area contributed by atoms with Gasteiger partial charge in [0, 0.05) is 0 Å². The third-order valence-corrected chi connectivity index (χ3v) is 1.80. The molecule has 1 aromatic carbocycles. The molecule has 64 valence electrons. The Bertz CT molecular complexity index is 447. The van der Waals surface area contributed by atoms with Crippen molar-refractivity contribution in [2.45, 2.75) is 6.92 Å². The maximum absolute atomic E-state index is 4.42. The Kier molecular flexibility index (Phi) is 2.04. The molecule has 0 aliphatic carbocycles. The first-order valence-corrected chi connectivity index (χ1v) is 4.24. The highest BCUT2D eigenvalue weighted by molar-refractivity contribution is 5.74. The van der Waals surface area contributed by atoms with E-state index in [2.05, 4.69) is 9.97 Å². The molecule has 0 unspecified atom stereocenters. The van der Waals surface area contributed by atoms with Gasteiger partial charge in [-0.3, -0.25) is 4.98 Å². The molecule has 0 bridgehead atoms. The summed E-state index contributed by atoms with van der Waals surface area (Å²) in [6.07, 6.45) is 5.68. The number of para-hydroxylation sites is 2. The van der Waals surface area contributed by atoms with Crippen LogP contribution in [-0.4, -0.2) is 9.97 Å². The quantitative estimate of drug-likeness (QED) is 0.657. The van der Waals surface area contributed by atoms with Crippen LogP contribution in [0, 0.1) is 0 Å². The number of benzene rings is 1. The van der Waals surface area contributed by atoms with E-state index in [1.54, 1.807) is 6.20 Å². The highest BCUT2D eigenvalue weighted by Gasteiger charge is 1.94. The first-order chi connectivity index (χ1) is 6.40. The van der Waals surface area contributed by atoms with Crippen molar-refractivity contribution in [2.75, 3.05) is 0 Å². The van der Waals surface area contributed by atoms with Gasteiger partial charge in [0.15, 0.2) is 0 Å². The molecule has 0 aliphatic heterocycles. The summed E-state index contributed by atoms with van der Waals surface area (Å²) in [5.74, 6) is 0. The molecular formula is C11H10N2. The maximum atomic E-state index is 4.42. The van der Waals surface area contributed by atoms with Crippen LogP contribution in [0.15, 0.2) is 36.5 Å². The minimum absolute atomic E-state index is 0.904. The summed E-state index contributed by atoms with van der Waals surface area (Å²) in [6.45, 7) is 1.97. The van der Waals surface area contributed by atoms with Crippen molar-refractivity contribution in [1.82, 2.24) is 9.97 Å². The molecule has 13 heavy (non-hydrogen) atoms. The van der Waals surface area contributed by atoms with Gasteiger partial charge in [-0.05, 0) is 25.1 Å². The molecule has 2 aromatic rings. The number of fused-ring (bicyclic) bond motifs is 1. The second-order valence-corrected chi connectivity index (χ2v) is 2.78. The molecular weight excluding hydrogens is 160 g/mol. The molecule has 2 rings (SSSR count). The SMILES string of the molecule is CC=Cc1cnc2ccccc2n1. The van der Waals surface area contributed by atoms with Gasteiger partial charge < -0.3 is 0 Å². The highest BCUT2D eigenvalue weighted by atomic mass is 14.8. The van der Waals surface area contributed by atoms with Crippen LogP contribution in [-0.2, 0) is 0 Å². The smallest absolute Gasteiger partial charge is 0.0894 e. The molecule has 1 aromatic heterocycles. The van der Waals surface area contributed by atoms with Gasteiger partial charge in [-0.15, -0.1) is 0 Å². The van der Waals surface area contributed by atoms with Gasteiger partial charge in [0.1, 0.15) is 0 Å². The molecule has 0 radical (unpaired) electrons. The third kappa shape index (κ3) is 1.56. The summed E-state index contributed by atoms with van der Waals surface area (Å²) in [6, 6.07) is 7.86. The topological polar surface area (TPSA) is 25.8 Å². The monoisotopic (exact) mass is 170 g/mol. The number of aromatic nitrogens is 2. The summed E-state index contributed by atoms with van der Waals surface area (Å²) in [5.41, 5.74) is 2.79. The van der Waals surface area contributed by atoms with Crippen LogP contribution < -0.4 is 0 Å². The lowest BCUT2D eigenvalue weighted by molar-refractivity contribution is 1.26. The molecule has 0 fully saturated rings. The van der Waals surface area contributed by atoms with Gasteiger partial charge in [0.05, 0.1) is 22.9 Å². The van der Waals surface area contributed by atoms with E-state index in [-0.39, 0.29) is 0 Å². The second kappa shape index (κ2) is 3.35. The van der Waals surface area contributed by atoms with Crippen molar-refractivity contribution in [3.8, 4) is 0 Å². The predicted octanol–water partition coefficient (Wildman–Crippen LogP) is 2.66. The van der Waals surface area contributed by atoms with Crippen molar-refractivity contribution in [1.29, 1.82) is 0 Å². The van der Waals surface area contributed by atoms with E-state index < -0.39 is 0 Å². The summed E-state index contributed by atoms with van der Waals surface area (Å²) in [5, 5.41) is 0. The van der Waals surface area contributed by atoms with E-state index in [4.69, 9.17) is 0 Å². The average Bonchev–Trinajstić information content (AvgIpc) is 2.18. The van der Waals surface area contributed by atoms with Gasteiger partial charge in [-0.2, -0.15) is 0 Å². The van der Waals surface area contributed by atoms with E-state index >= 15 is 0 Å². The molecule has 2 heteroatoms. The summed E-state index contributed by atoms with van der Waals surface area (Å²) >= 11 is 0. The van der Waals surface area contributed by atoms with Crippen molar-refractivity contribution in [3.05, 3.63) is 42.2 Å². The minimum Gasteiger partial charge on any atom is -0.252 e. The third-order valence-electron chi connectivity index (χ3n) is 1.80. The van der Waals surface area contributed by atoms with Crippen LogP contribution in [0.25, 0.3) is 17.1 Å². The van der Waals surface area contributed by atoms with E-state index in [0.717, 1.165) is 16.7 Å². The Labute approximate surface area is 77.0 Å². The van der Waals surface area contributed by atoms with Crippen molar-refractivity contribution >= 4 is 17.1 Å². The van der Waals surface area contributed by atoms with Gasteiger partial charge >= 0.3 is 0 Å². The molecule has 0 saturated carbocycles. The van der Waals surface area contributed by atoms with Crippen LogP contribution in [0.4, 0.5) is 0 Å². The predicted molar refractivity (Wildman–Crippen MR) is 54.2 cm³/mol. The first kappa shape index (κ1) is 7.92. The largest absolute Gasteiger partial charge is 0.252 e. The van der Waals surface area contributed by atoms with Gasteiger partial charge in [0.2, 0.25) is 0 Å². The minimum atomic E-state index is 0.904. The number of rotatable bonds is 1. The Morgan fingerprint density at radius 2 is 1.92 bits per heavy atom. The lowest BCUT2D eigenvalue weighted by Crippen LogP contribution is -1.85. The Balaban J connectivity index is 2.62. The lowest BCUT2D eigenvalue weighted by Gasteiger charge is -1.96. The fraction of sp³-hybridized carbons (Fsp3) is 0.0909. The Hall–Kier alpha value is -1.70. The number of hydrogen-bond donors (Lipinski definition) is 0. The van der Waals surface area contributed by atoms with E-state index in [0.29, 0.717) is 0 Å². The highest BCUT2D eigenvalue weighted by Crippen LogP contribution is 2.08. The fourth-order valence-electron chi connectivity index (χ4n) is 1.22. The Morgan fingerprint density at radius 1 is 1.15 bits per heavy atom. The van der Waals surface area contributed by atoms with Crippen LogP contribution in [0.2, 0.25) is 0 Å².